The molecule has 0 unspecified atom stereocenters. The van der Waals surface area contributed by atoms with E-state index in [-0.39, 0.29) is 30.8 Å². The van der Waals surface area contributed by atoms with Gasteiger partial charge in [0.05, 0.1) is 30.7 Å². The third-order valence-electron chi connectivity index (χ3n) is 7.20. The first-order valence-electron chi connectivity index (χ1n) is 11.6. The smallest absolute Gasteiger partial charge is 0.308 e. The third-order valence-corrected chi connectivity index (χ3v) is 7.20. The molecule has 7 N–H and O–H groups in total. The van der Waals surface area contributed by atoms with E-state index in [4.69, 9.17) is 9.84 Å². The van der Waals surface area contributed by atoms with Crippen LogP contribution in [0.25, 0.3) is 0 Å². The van der Waals surface area contributed by atoms with Gasteiger partial charge in [0.2, 0.25) is 0 Å². The second-order valence-electron chi connectivity index (χ2n) is 9.59. The lowest BCUT2D eigenvalue weighted by Crippen LogP contribution is -2.54. The number of hydrogen-bond acceptors (Lipinski definition) is 9. The highest BCUT2D eigenvalue weighted by atomic mass is 16.5. The van der Waals surface area contributed by atoms with E-state index in [9.17, 15) is 40.2 Å². The minimum Gasteiger partial charge on any atom is -0.509 e. The van der Waals surface area contributed by atoms with E-state index in [2.05, 4.69) is 0 Å². The van der Waals surface area contributed by atoms with Crippen LogP contribution in [0, 0.1) is 23.7 Å². The first-order valence-corrected chi connectivity index (χ1v) is 11.6. The number of carboxylic acid groups (broad SMARTS) is 1. The number of carbonyl (C=O) groups is 2. The van der Waals surface area contributed by atoms with Crippen molar-refractivity contribution < 1.29 is 50.1 Å². The predicted octanol–water partition coefficient (Wildman–Crippen LogP) is 0.492. The molecule has 10 heteroatoms. The van der Waals surface area contributed by atoms with Crippen molar-refractivity contribution in [1.29, 1.82) is 0 Å². The highest BCUT2D eigenvalue weighted by Gasteiger charge is 2.52. The molecule has 33 heavy (non-hydrogen) atoms. The molecule has 0 aliphatic heterocycles. The van der Waals surface area contributed by atoms with Gasteiger partial charge in [0, 0.05) is 17.9 Å². The van der Waals surface area contributed by atoms with Crippen LogP contribution in [0.1, 0.15) is 59.3 Å². The summed E-state index contributed by atoms with van der Waals surface area (Å²) in [4.78, 5) is 23.2. The normalized spacial score (nSPS) is 34.8. The summed E-state index contributed by atoms with van der Waals surface area (Å²) in [6.07, 6.45) is -6.73. The zero-order chi connectivity index (χ0) is 25.0. The van der Waals surface area contributed by atoms with Gasteiger partial charge in [0.15, 0.2) is 0 Å². The van der Waals surface area contributed by atoms with Crippen LogP contribution >= 0.6 is 0 Å². The fourth-order valence-electron chi connectivity index (χ4n) is 5.03. The number of esters is 1. The van der Waals surface area contributed by atoms with E-state index in [1.807, 2.05) is 6.92 Å². The Morgan fingerprint density at radius 2 is 1.76 bits per heavy atom. The summed E-state index contributed by atoms with van der Waals surface area (Å²) < 4.78 is 5.70. The van der Waals surface area contributed by atoms with E-state index in [0.717, 1.165) is 0 Å². The number of carbonyl (C=O) groups excluding carboxylic acids is 1. The summed E-state index contributed by atoms with van der Waals surface area (Å²) in [6.45, 7) is 5.26. The first-order chi connectivity index (χ1) is 15.4. The predicted molar refractivity (Wildman–Crippen MR) is 116 cm³/mol. The first kappa shape index (κ1) is 27.5. The fourth-order valence-corrected chi connectivity index (χ4v) is 5.03. The van der Waals surface area contributed by atoms with Gasteiger partial charge >= 0.3 is 11.9 Å². The van der Waals surface area contributed by atoms with Gasteiger partial charge in [0.25, 0.3) is 0 Å². The lowest BCUT2D eigenvalue weighted by Gasteiger charge is -2.49. The molecule has 2 rings (SSSR count). The van der Waals surface area contributed by atoms with Crippen molar-refractivity contribution in [2.24, 2.45) is 23.7 Å². The van der Waals surface area contributed by atoms with Crippen molar-refractivity contribution in [1.82, 2.24) is 0 Å². The third kappa shape index (κ3) is 6.45. The molecule has 1 saturated carbocycles. The van der Waals surface area contributed by atoms with Gasteiger partial charge in [-0.25, -0.2) is 0 Å². The SMILES string of the molecule is CC[C@H](C)C(=O)O[C@H]1C[C@H](O)[C@H](O)C2=C(O)[C@@H](O)[C@H](C)[C@H](CC[C@@H](O)C[C@@H](O)CC(=O)O)[C@H]21. The highest BCUT2D eigenvalue weighted by molar-refractivity contribution is 5.72. The number of aliphatic hydroxyl groups is 6. The Kier molecular flexibility index (Phi) is 9.69. The van der Waals surface area contributed by atoms with Crippen molar-refractivity contribution in [2.75, 3.05) is 0 Å². The van der Waals surface area contributed by atoms with Gasteiger partial charge in [-0.2, -0.15) is 0 Å². The van der Waals surface area contributed by atoms with Crippen molar-refractivity contribution >= 4 is 11.9 Å². The summed E-state index contributed by atoms with van der Waals surface area (Å²) in [5, 5.41) is 71.0. The lowest BCUT2D eigenvalue weighted by atomic mass is 9.61. The van der Waals surface area contributed by atoms with Crippen LogP contribution in [0.5, 0.6) is 0 Å². The van der Waals surface area contributed by atoms with E-state index >= 15 is 0 Å². The number of ether oxygens (including phenoxy) is 1. The minimum absolute atomic E-state index is 0.0377. The van der Waals surface area contributed by atoms with Gasteiger partial charge in [-0.15, -0.1) is 0 Å². The molecule has 2 aliphatic rings. The van der Waals surface area contributed by atoms with Crippen LogP contribution in [0.2, 0.25) is 0 Å². The van der Waals surface area contributed by atoms with E-state index < -0.39 is 78.5 Å². The van der Waals surface area contributed by atoms with Crippen molar-refractivity contribution in [3.05, 3.63) is 11.3 Å². The molecule has 190 valence electrons. The van der Waals surface area contributed by atoms with Crippen LogP contribution in [0.4, 0.5) is 0 Å². The number of aliphatic hydroxyl groups excluding tert-OH is 6. The molecular formula is C23H38O10. The molecular weight excluding hydrogens is 436 g/mol. The van der Waals surface area contributed by atoms with Crippen LogP contribution in [-0.2, 0) is 14.3 Å². The molecule has 1 fully saturated rings. The molecule has 2 aliphatic carbocycles. The molecule has 0 saturated heterocycles. The van der Waals surface area contributed by atoms with Crippen molar-refractivity contribution in [3.63, 3.8) is 0 Å². The Hall–Kier alpha value is -1.72. The van der Waals surface area contributed by atoms with Crippen LogP contribution < -0.4 is 0 Å². The Labute approximate surface area is 193 Å². The van der Waals surface area contributed by atoms with Gasteiger partial charge in [-0.1, -0.05) is 20.8 Å². The largest absolute Gasteiger partial charge is 0.509 e. The van der Waals surface area contributed by atoms with Crippen LogP contribution in [0.15, 0.2) is 11.3 Å². The van der Waals surface area contributed by atoms with Gasteiger partial charge in [-0.3, -0.25) is 9.59 Å². The molecule has 0 spiro atoms. The van der Waals surface area contributed by atoms with Crippen LogP contribution in [-0.4, -0.2) is 84.3 Å². The Morgan fingerprint density at radius 1 is 1.12 bits per heavy atom. The monoisotopic (exact) mass is 474 g/mol. The van der Waals surface area contributed by atoms with Crippen molar-refractivity contribution in [2.45, 2.75) is 95.9 Å². The molecule has 0 radical (unpaired) electrons. The average Bonchev–Trinajstić information content (AvgIpc) is 2.73. The summed E-state index contributed by atoms with van der Waals surface area (Å²) >= 11 is 0. The van der Waals surface area contributed by atoms with E-state index in [1.165, 1.54) is 0 Å². The number of hydrogen-bond donors (Lipinski definition) is 7. The van der Waals surface area contributed by atoms with E-state index in [1.54, 1.807) is 13.8 Å². The summed E-state index contributed by atoms with van der Waals surface area (Å²) in [6, 6.07) is 0. The maximum atomic E-state index is 12.5. The number of carboxylic acids is 1. The second-order valence-corrected chi connectivity index (χ2v) is 9.59. The van der Waals surface area contributed by atoms with E-state index in [0.29, 0.717) is 12.8 Å². The molecule has 0 aromatic carbocycles. The number of rotatable bonds is 10. The zero-order valence-corrected chi connectivity index (χ0v) is 19.4. The minimum atomic E-state index is -1.43. The quantitative estimate of drug-likeness (QED) is 0.220. The number of aliphatic carboxylic acids is 1. The van der Waals surface area contributed by atoms with Gasteiger partial charge < -0.3 is 40.5 Å². The molecule has 0 amide bonds. The van der Waals surface area contributed by atoms with Crippen molar-refractivity contribution in [3.8, 4) is 0 Å². The topological polar surface area (TPSA) is 185 Å². The molecule has 10 nitrogen and oxygen atoms in total. The zero-order valence-electron chi connectivity index (χ0n) is 19.4. The average molecular weight is 475 g/mol. The summed E-state index contributed by atoms with van der Waals surface area (Å²) in [7, 11) is 0. The maximum Gasteiger partial charge on any atom is 0.308 e. The molecule has 0 aromatic heterocycles. The second kappa shape index (κ2) is 11.6. The van der Waals surface area contributed by atoms with Gasteiger partial charge in [0.1, 0.15) is 24.1 Å². The van der Waals surface area contributed by atoms with Crippen LogP contribution in [0.3, 0.4) is 0 Å². The molecule has 0 heterocycles. The Bertz CT molecular complexity index is 722. The fraction of sp³-hybridized carbons (Fsp3) is 0.826. The highest BCUT2D eigenvalue weighted by Crippen LogP contribution is 2.48. The Morgan fingerprint density at radius 3 is 2.33 bits per heavy atom. The molecule has 0 bridgehead atoms. The van der Waals surface area contributed by atoms with Gasteiger partial charge in [-0.05, 0) is 37.5 Å². The maximum absolute atomic E-state index is 12.5. The standard InChI is InChI=1S/C23H38O10/c1-4-10(2)23(32)33-16-9-15(26)21(30)19-18(16)14(11(3)20(29)22(19)31)6-5-12(24)7-13(25)8-17(27)28/h10-16,18,20-21,24-26,29-31H,4-9H2,1-3H3,(H,27,28)/t10-,11+,12+,13+,14-,15-,16-,18-,20-,21-/m0/s1. The summed E-state index contributed by atoms with van der Waals surface area (Å²) in [5.74, 6) is -4.05. The summed E-state index contributed by atoms with van der Waals surface area (Å²) in [5.41, 5.74) is 0.0479. The number of fused-ring (bicyclic) bond motifs is 1. The molecule has 0 aromatic rings. The molecule has 10 atom stereocenters. The lowest BCUT2D eigenvalue weighted by molar-refractivity contribution is -0.166. The Balaban J connectivity index is 2.27.